The molecular formula is C13H16N4O2S. The zero-order valence-electron chi connectivity index (χ0n) is 11.3. The van der Waals surface area contributed by atoms with Gasteiger partial charge in [0.2, 0.25) is 5.91 Å². The Bertz CT molecular complexity index is 653. The number of rotatable bonds is 4. The van der Waals surface area contributed by atoms with Crippen LogP contribution in [-0.4, -0.2) is 41.8 Å². The number of nitrogen functional groups attached to an aromatic ring is 1. The normalized spacial score (nSPS) is 10.5. The maximum Gasteiger partial charge on any atom is 0.266 e. The zero-order valence-corrected chi connectivity index (χ0v) is 12.2. The van der Waals surface area contributed by atoms with Gasteiger partial charge in [-0.1, -0.05) is 0 Å². The highest BCUT2D eigenvalue weighted by atomic mass is 32.1. The molecule has 6 nitrogen and oxygen atoms in total. The van der Waals surface area contributed by atoms with E-state index >= 15 is 0 Å². The highest BCUT2D eigenvalue weighted by Gasteiger charge is 2.21. The third-order valence-corrected chi connectivity index (χ3v) is 3.97. The molecule has 0 saturated heterocycles. The molecule has 2 rings (SSSR count). The Labute approximate surface area is 120 Å². The van der Waals surface area contributed by atoms with Gasteiger partial charge in [-0.25, -0.2) is 0 Å². The standard InChI is InChI=1S/C13H16N4O2S/c1-3-16-10(18)7-17(2)13(19)12-11(14)8-4-5-15-6-9(8)20-12/h4-6H,3,7,14H2,1-2H3,(H,16,18). The fraction of sp³-hybridized carbons (Fsp3) is 0.308. The summed E-state index contributed by atoms with van der Waals surface area (Å²) in [5.41, 5.74) is 6.45. The molecule has 2 amide bonds. The Morgan fingerprint density at radius 3 is 2.90 bits per heavy atom. The summed E-state index contributed by atoms with van der Waals surface area (Å²) in [6, 6.07) is 1.78. The highest BCUT2D eigenvalue weighted by Crippen LogP contribution is 2.33. The molecule has 2 heterocycles. The molecule has 2 aromatic heterocycles. The summed E-state index contributed by atoms with van der Waals surface area (Å²) < 4.78 is 0.861. The average molecular weight is 292 g/mol. The predicted molar refractivity (Wildman–Crippen MR) is 79.7 cm³/mol. The molecule has 0 bridgehead atoms. The predicted octanol–water partition coefficient (Wildman–Crippen LogP) is 1.09. The third kappa shape index (κ3) is 2.72. The molecule has 0 aromatic carbocycles. The second-order valence-corrected chi connectivity index (χ2v) is 5.38. The minimum absolute atomic E-state index is 0.0125. The highest BCUT2D eigenvalue weighted by molar-refractivity contribution is 7.21. The number of hydrogen-bond donors (Lipinski definition) is 2. The molecule has 0 aliphatic rings. The molecule has 106 valence electrons. The summed E-state index contributed by atoms with van der Waals surface area (Å²) in [5.74, 6) is -0.445. The van der Waals surface area contributed by atoms with Crippen LogP contribution in [0.5, 0.6) is 0 Å². The molecule has 0 atom stereocenters. The minimum atomic E-state index is -0.255. The number of aromatic nitrogens is 1. The van der Waals surface area contributed by atoms with E-state index in [0.717, 1.165) is 10.1 Å². The average Bonchev–Trinajstić information content (AvgIpc) is 2.76. The molecule has 0 radical (unpaired) electrons. The van der Waals surface area contributed by atoms with Crippen LogP contribution >= 0.6 is 11.3 Å². The van der Waals surface area contributed by atoms with Gasteiger partial charge in [0.25, 0.3) is 5.91 Å². The van der Waals surface area contributed by atoms with Crippen molar-refractivity contribution in [2.45, 2.75) is 6.92 Å². The molecule has 0 fully saturated rings. The summed E-state index contributed by atoms with van der Waals surface area (Å²) in [6.45, 7) is 2.38. The van der Waals surface area contributed by atoms with Gasteiger partial charge in [0.05, 0.1) is 16.9 Å². The number of nitrogens with two attached hydrogens (primary N) is 1. The number of anilines is 1. The van der Waals surface area contributed by atoms with Crippen LogP contribution in [0.1, 0.15) is 16.6 Å². The summed E-state index contributed by atoms with van der Waals surface area (Å²) >= 11 is 1.29. The van der Waals surface area contributed by atoms with Gasteiger partial charge in [-0.05, 0) is 13.0 Å². The number of pyridine rings is 1. The number of nitrogens with zero attached hydrogens (tertiary/aromatic N) is 2. The summed E-state index contributed by atoms with van der Waals surface area (Å²) in [6.07, 6.45) is 3.31. The van der Waals surface area contributed by atoms with E-state index < -0.39 is 0 Å². The van der Waals surface area contributed by atoms with Gasteiger partial charge in [0.15, 0.2) is 0 Å². The SMILES string of the molecule is CCNC(=O)CN(C)C(=O)c1sc2cnccc2c1N. The lowest BCUT2D eigenvalue weighted by molar-refractivity contribution is -0.121. The molecule has 0 spiro atoms. The first-order valence-electron chi connectivity index (χ1n) is 6.18. The number of thiophene rings is 1. The van der Waals surface area contributed by atoms with Gasteiger partial charge in [-0.15, -0.1) is 11.3 Å². The number of hydrogen-bond acceptors (Lipinski definition) is 5. The number of carbonyl (C=O) groups excluding carboxylic acids is 2. The van der Waals surface area contributed by atoms with Crippen LogP contribution in [-0.2, 0) is 4.79 Å². The van der Waals surface area contributed by atoms with Gasteiger partial charge >= 0.3 is 0 Å². The van der Waals surface area contributed by atoms with Crippen molar-refractivity contribution in [1.29, 1.82) is 0 Å². The molecule has 7 heteroatoms. The van der Waals surface area contributed by atoms with Crippen LogP contribution in [0.2, 0.25) is 0 Å². The van der Waals surface area contributed by atoms with E-state index in [-0.39, 0.29) is 18.4 Å². The third-order valence-electron chi connectivity index (χ3n) is 2.83. The molecule has 0 aliphatic carbocycles. The van der Waals surface area contributed by atoms with E-state index in [1.807, 2.05) is 6.92 Å². The Balaban J connectivity index is 2.22. The van der Waals surface area contributed by atoms with Crippen LogP contribution < -0.4 is 11.1 Å². The van der Waals surface area contributed by atoms with E-state index in [2.05, 4.69) is 10.3 Å². The molecule has 0 saturated carbocycles. The topological polar surface area (TPSA) is 88.3 Å². The van der Waals surface area contributed by atoms with Gasteiger partial charge in [0.1, 0.15) is 4.88 Å². The maximum atomic E-state index is 12.3. The molecule has 0 unspecified atom stereocenters. The number of carbonyl (C=O) groups is 2. The van der Waals surface area contributed by atoms with E-state index in [1.165, 1.54) is 16.2 Å². The maximum absolute atomic E-state index is 12.3. The summed E-state index contributed by atoms with van der Waals surface area (Å²) in [4.78, 5) is 29.6. The molecule has 3 N–H and O–H groups in total. The van der Waals surface area contributed by atoms with Crippen molar-refractivity contribution in [2.75, 3.05) is 25.9 Å². The van der Waals surface area contributed by atoms with Crippen molar-refractivity contribution in [1.82, 2.24) is 15.2 Å². The number of amides is 2. The Hall–Kier alpha value is -2.15. The summed E-state index contributed by atoms with van der Waals surface area (Å²) in [5, 5.41) is 3.47. The first kappa shape index (κ1) is 14.3. The van der Waals surface area contributed by atoms with Crippen LogP contribution in [0.3, 0.4) is 0 Å². The van der Waals surface area contributed by atoms with Crippen LogP contribution in [0.4, 0.5) is 5.69 Å². The monoisotopic (exact) mass is 292 g/mol. The largest absolute Gasteiger partial charge is 0.397 e. The van der Waals surface area contributed by atoms with Crippen LogP contribution in [0.25, 0.3) is 10.1 Å². The van der Waals surface area contributed by atoms with Gasteiger partial charge in [-0.3, -0.25) is 14.6 Å². The number of nitrogens with one attached hydrogen (secondary N) is 1. The van der Waals surface area contributed by atoms with Gasteiger partial charge < -0.3 is 16.0 Å². The quantitative estimate of drug-likeness (QED) is 0.883. The van der Waals surface area contributed by atoms with Crippen LogP contribution in [0.15, 0.2) is 18.5 Å². The lowest BCUT2D eigenvalue weighted by atomic mass is 10.2. The van der Waals surface area contributed by atoms with Crippen molar-refractivity contribution in [3.05, 3.63) is 23.3 Å². The van der Waals surface area contributed by atoms with Crippen molar-refractivity contribution in [3.63, 3.8) is 0 Å². The minimum Gasteiger partial charge on any atom is -0.397 e. The second-order valence-electron chi connectivity index (χ2n) is 4.33. The Morgan fingerprint density at radius 2 is 2.25 bits per heavy atom. The lowest BCUT2D eigenvalue weighted by Gasteiger charge is -2.15. The van der Waals surface area contributed by atoms with E-state index in [0.29, 0.717) is 17.1 Å². The zero-order chi connectivity index (χ0) is 14.7. The number of likely N-dealkylation sites (N-methyl/N-ethyl adjacent to an activating group) is 2. The van der Waals surface area contributed by atoms with Crippen molar-refractivity contribution in [2.24, 2.45) is 0 Å². The first-order valence-corrected chi connectivity index (χ1v) is 7.00. The fourth-order valence-electron chi connectivity index (χ4n) is 1.84. The van der Waals surface area contributed by atoms with Crippen LogP contribution in [0, 0.1) is 0 Å². The summed E-state index contributed by atoms with van der Waals surface area (Å²) in [7, 11) is 1.58. The Kier molecular flexibility index (Phi) is 4.19. The number of fused-ring (bicyclic) bond motifs is 1. The smallest absolute Gasteiger partial charge is 0.266 e. The fourth-order valence-corrected chi connectivity index (χ4v) is 2.93. The van der Waals surface area contributed by atoms with Crippen molar-refractivity contribution >= 4 is 38.9 Å². The molecule has 2 aromatic rings. The Morgan fingerprint density at radius 1 is 1.50 bits per heavy atom. The van der Waals surface area contributed by atoms with E-state index in [4.69, 9.17) is 5.73 Å². The lowest BCUT2D eigenvalue weighted by Crippen LogP contribution is -2.38. The van der Waals surface area contributed by atoms with E-state index in [9.17, 15) is 9.59 Å². The van der Waals surface area contributed by atoms with Gasteiger partial charge in [0, 0.05) is 31.4 Å². The first-order chi connectivity index (χ1) is 9.54. The molecular weight excluding hydrogens is 276 g/mol. The molecule has 0 aliphatic heterocycles. The van der Waals surface area contributed by atoms with Gasteiger partial charge in [-0.2, -0.15) is 0 Å². The second kappa shape index (κ2) is 5.87. The molecule has 20 heavy (non-hydrogen) atoms. The van der Waals surface area contributed by atoms with Crippen molar-refractivity contribution in [3.8, 4) is 0 Å². The van der Waals surface area contributed by atoms with E-state index in [1.54, 1.807) is 25.5 Å². The van der Waals surface area contributed by atoms with Crippen molar-refractivity contribution < 1.29 is 9.59 Å².